The summed E-state index contributed by atoms with van der Waals surface area (Å²) < 4.78 is 0. The number of hydrogen-bond acceptors (Lipinski definition) is 7. The van der Waals surface area contributed by atoms with Gasteiger partial charge in [-0.25, -0.2) is 9.97 Å². The van der Waals surface area contributed by atoms with Crippen LogP contribution >= 0.6 is 22.7 Å². The second-order valence-corrected chi connectivity index (χ2v) is 8.52. The monoisotopic (exact) mass is 409 g/mol. The zero-order chi connectivity index (χ0) is 18.9. The van der Waals surface area contributed by atoms with Gasteiger partial charge in [-0.1, -0.05) is 30.3 Å². The van der Waals surface area contributed by atoms with Gasteiger partial charge in [0.2, 0.25) is 0 Å². The Morgan fingerprint density at radius 2 is 1.89 bits per heavy atom. The Labute approximate surface area is 170 Å². The maximum atomic E-state index is 12.8. The van der Waals surface area contributed by atoms with Crippen LogP contribution in [0.4, 0.5) is 5.13 Å². The smallest absolute Gasteiger partial charge is 0.260 e. The molecule has 4 aromatic rings. The Kier molecular flexibility index (Phi) is 4.67. The molecule has 1 saturated heterocycles. The number of benzene rings is 1. The van der Waals surface area contributed by atoms with E-state index in [0.717, 1.165) is 53.1 Å². The van der Waals surface area contributed by atoms with Crippen molar-refractivity contribution in [3.05, 3.63) is 63.5 Å². The fourth-order valence-electron chi connectivity index (χ4n) is 3.58. The minimum absolute atomic E-state index is 0.0541. The number of rotatable bonds is 4. The van der Waals surface area contributed by atoms with E-state index in [9.17, 15) is 4.79 Å². The summed E-state index contributed by atoms with van der Waals surface area (Å²) in [6, 6.07) is 10.0. The minimum Gasteiger partial charge on any atom is -0.346 e. The third-order valence-corrected chi connectivity index (χ3v) is 6.72. The summed E-state index contributed by atoms with van der Waals surface area (Å²) >= 11 is 3.21. The van der Waals surface area contributed by atoms with Gasteiger partial charge in [0.05, 0.1) is 11.9 Å². The van der Waals surface area contributed by atoms with E-state index in [1.165, 1.54) is 11.3 Å². The molecule has 1 aliphatic heterocycles. The topological polar surface area (TPSA) is 65.1 Å². The normalized spacial score (nSPS) is 15.4. The van der Waals surface area contributed by atoms with Crippen LogP contribution in [0.2, 0.25) is 0 Å². The number of anilines is 1. The predicted molar refractivity (Wildman–Crippen MR) is 115 cm³/mol. The summed E-state index contributed by atoms with van der Waals surface area (Å²) in [6.07, 6.45) is 1.85. The molecule has 0 saturated carbocycles. The molecule has 0 bridgehead atoms. The molecule has 1 aromatic carbocycles. The second-order valence-electron chi connectivity index (χ2n) is 6.79. The summed E-state index contributed by atoms with van der Waals surface area (Å²) in [6.45, 7) is 4.41. The number of aromatic nitrogens is 3. The lowest BCUT2D eigenvalue weighted by atomic mass is 10.1. The van der Waals surface area contributed by atoms with E-state index in [-0.39, 0.29) is 5.56 Å². The summed E-state index contributed by atoms with van der Waals surface area (Å²) in [4.78, 5) is 30.4. The van der Waals surface area contributed by atoms with Crippen LogP contribution in [0.15, 0.2) is 52.1 Å². The van der Waals surface area contributed by atoms with Crippen molar-refractivity contribution in [1.82, 2.24) is 19.9 Å². The third kappa shape index (κ3) is 3.34. The Balaban J connectivity index is 1.34. The van der Waals surface area contributed by atoms with Crippen LogP contribution in [-0.2, 0) is 6.54 Å². The van der Waals surface area contributed by atoms with Crippen LogP contribution in [0.25, 0.3) is 21.3 Å². The fraction of sp³-hybridized carbons (Fsp3) is 0.250. The lowest BCUT2D eigenvalue weighted by Crippen LogP contribution is -2.46. The molecule has 0 radical (unpaired) electrons. The number of thiazole rings is 1. The van der Waals surface area contributed by atoms with Crippen LogP contribution in [0.3, 0.4) is 0 Å². The van der Waals surface area contributed by atoms with Crippen LogP contribution < -0.4 is 10.5 Å². The largest absolute Gasteiger partial charge is 0.346 e. The Hall–Kier alpha value is -2.55. The highest BCUT2D eigenvalue weighted by atomic mass is 32.1. The van der Waals surface area contributed by atoms with Gasteiger partial charge in [-0.15, -0.1) is 22.7 Å². The van der Waals surface area contributed by atoms with Crippen molar-refractivity contribution < 1.29 is 0 Å². The lowest BCUT2D eigenvalue weighted by molar-refractivity contribution is 0.244. The number of H-pyrrole nitrogens is 1. The number of nitrogens with zero attached hydrogens (tertiary/aromatic N) is 4. The number of hydrogen-bond donors (Lipinski definition) is 1. The maximum Gasteiger partial charge on any atom is 0.260 e. The number of piperazine rings is 1. The number of nitrogens with one attached hydrogen (secondary N) is 1. The standard InChI is InChI=1S/C20H19N5OS2/c26-18-17-15(14-4-2-1-3-5-14)13-28-19(17)23-16(22-18)12-24-7-9-25(10-8-24)20-21-6-11-27-20/h1-6,11,13H,7-10,12H2,(H,22,23,26). The van der Waals surface area contributed by atoms with E-state index in [1.807, 2.05) is 47.3 Å². The summed E-state index contributed by atoms with van der Waals surface area (Å²) in [5.74, 6) is 0.738. The molecule has 0 amide bonds. The molecule has 0 atom stereocenters. The van der Waals surface area contributed by atoms with Gasteiger partial charge in [0.25, 0.3) is 5.56 Å². The van der Waals surface area contributed by atoms with Crippen LogP contribution in [0, 0.1) is 0 Å². The average molecular weight is 410 g/mol. The highest BCUT2D eigenvalue weighted by Gasteiger charge is 2.20. The van der Waals surface area contributed by atoms with Crippen molar-refractivity contribution in [2.24, 2.45) is 0 Å². The molecule has 0 aliphatic carbocycles. The first-order valence-corrected chi connectivity index (χ1v) is 11.0. The summed E-state index contributed by atoms with van der Waals surface area (Å²) in [7, 11) is 0. The highest BCUT2D eigenvalue weighted by molar-refractivity contribution is 7.17. The molecule has 142 valence electrons. The number of thiophene rings is 1. The molecular formula is C20H19N5OS2. The minimum atomic E-state index is -0.0541. The molecule has 4 heterocycles. The molecule has 3 aromatic heterocycles. The molecule has 5 rings (SSSR count). The van der Waals surface area contributed by atoms with Gasteiger partial charge in [-0.05, 0) is 5.56 Å². The first-order chi connectivity index (χ1) is 13.8. The van der Waals surface area contributed by atoms with Crippen LogP contribution in [-0.4, -0.2) is 46.0 Å². The van der Waals surface area contributed by atoms with Crippen molar-refractivity contribution in [2.45, 2.75) is 6.54 Å². The molecule has 0 spiro atoms. The SMILES string of the molecule is O=c1[nH]c(CN2CCN(c3nccs3)CC2)nc2scc(-c3ccccc3)c12. The number of fused-ring (bicyclic) bond motifs is 1. The van der Waals surface area contributed by atoms with Gasteiger partial charge in [0.15, 0.2) is 5.13 Å². The van der Waals surface area contributed by atoms with E-state index in [4.69, 9.17) is 4.98 Å². The molecule has 8 heteroatoms. The Bertz CT molecular complexity index is 1130. The Morgan fingerprint density at radius 3 is 2.64 bits per heavy atom. The van der Waals surface area contributed by atoms with E-state index in [2.05, 4.69) is 19.8 Å². The second kappa shape index (κ2) is 7.46. The van der Waals surface area contributed by atoms with Crippen LogP contribution in [0.1, 0.15) is 5.82 Å². The average Bonchev–Trinajstić information content (AvgIpc) is 3.40. The van der Waals surface area contributed by atoms with Gasteiger partial charge in [-0.2, -0.15) is 0 Å². The molecule has 6 nitrogen and oxygen atoms in total. The Morgan fingerprint density at radius 1 is 1.07 bits per heavy atom. The van der Waals surface area contributed by atoms with Crippen molar-refractivity contribution in [1.29, 1.82) is 0 Å². The van der Waals surface area contributed by atoms with Crippen molar-refractivity contribution >= 4 is 38.0 Å². The van der Waals surface area contributed by atoms with Crippen molar-refractivity contribution in [2.75, 3.05) is 31.1 Å². The molecule has 1 fully saturated rings. The predicted octanol–water partition coefficient (Wildman–Crippen LogP) is 3.43. The first-order valence-electron chi connectivity index (χ1n) is 9.20. The molecular weight excluding hydrogens is 390 g/mol. The maximum absolute atomic E-state index is 12.8. The van der Waals surface area contributed by atoms with E-state index >= 15 is 0 Å². The van der Waals surface area contributed by atoms with Crippen molar-refractivity contribution in [3.63, 3.8) is 0 Å². The first kappa shape index (κ1) is 17.5. The fourth-order valence-corrected chi connectivity index (χ4v) is 5.24. The van der Waals surface area contributed by atoms with Gasteiger partial charge >= 0.3 is 0 Å². The molecule has 0 unspecified atom stereocenters. The summed E-state index contributed by atoms with van der Waals surface area (Å²) in [5.41, 5.74) is 1.95. The van der Waals surface area contributed by atoms with Gasteiger partial charge in [-0.3, -0.25) is 9.69 Å². The third-order valence-electron chi connectivity index (χ3n) is 5.01. The van der Waals surface area contributed by atoms with E-state index in [1.54, 1.807) is 11.3 Å². The highest BCUT2D eigenvalue weighted by Crippen LogP contribution is 2.30. The van der Waals surface area contributed by atoms with E-state index in [0.29, 0.717) is 11.9 Å². The quantitative estimate of drug-likeness (QED) is 0.559. The molecule has 1 aliphatic rings. The summed E-state index contributed by atoms with van der Waals surface area (Å²) in [5, 5.41) is 5.81. The number of aromatic amines is 1. The van der Waals surface area contributed by atoms with E-state index < -0.39 is 0 Å². The lowest BCUT2D eigenvalue weighted by Gasteiger charge is -2.34. The van der Waals surface area contributed by atoms with Gasteiger partial charge in [0, 0.05) is 48.7 Å². The van der Waals surface area contributed by atoms with Crippen LogP contribution in [0.5, 0.6) is 0 Å². The molecule has 1 N–H and O–H groups in total. The zero-order valence-electron chi connectivity index (χ0n) is 15.2. The zero-order valence-corrected chi connectivity index (χ0v) is 16.8. The molecule has 28 heavy (non-hydrogen) atoms. The van der Waals surface area contributed by atoms with Crippen molar-refractivity contribution in [3.8, 4) is 11.1 Å². The van der Waals surface area contributed by atoms with Gasteiger partial charge in [0.1, 0.15) is 10.7 Å². The van der Waals surface area contributed by atoms with Gasteiger partial charge < -0.3 is 9.88 Å².